The molecule has 1 spiro atoms. The Bertz CT molecular complexity index is 1120. The smallest absolute Gasteiger partial charge is 0.311 e. The Morgan fingerprint density at radius 1 is 1.07 bits per heavy atom. The first-order chi connectivity index (χ1) is 19.6. The van der Waals surface area contributed by atoms with Gasteiger partial charge >= 0.3 is 11.9 Å². The molecule has 3 fully saturated rings. The molecule has 3 aliphatic heterocycles. The van der Waals surface area contributed by atoms with E-state index in [-0.39, 0.29) is 36.5 Å². The van der Waals surface area contributed by atoms with Crippen LogP contribution in [0.2, 0.25) is 0 Å². The summed E-state index contributed by atoms with van der Waals surface area (Å²) in [6.07, 6.45) is -2.25. The lowest BCUT2D eigenvalue weighted by molar-refractivity contribution is -0.452. The Labute approximate surface area is 248 Å². The van der Waals surface area contributed by atoms with Crippen molar-refractivity contribution >= 4 is 11.9 Å². The van der Waals surface area contributed by atoms with Crippen LogP contribution < -0.4 is 0 Å². The highest BCUT2D eigenvalue weighted by atomic mass is 16.8. The average molecular weight is 593 g/mol. The van der Waals surface area contributed by atoms with E-state index in [0.717, 1.165) is 5.56 Å². The predicted octanol–water partition coefficient (Wildman–Crippen LogP) is 4.39. The Morgan fingerprint density at radius 2 is 1.79 bits per heavy atom. The molecule has 3 saturated heterocycles. The SMILES string of the molecule is CO[C@@H](CC[C@H](C)[C@H]1O[C@@]23CC(OC(=O)C[C@H]([C@@H](C)O)OC(=O)C[C@](O)(O2)[C@H](C)CC3(C)C)[C@@H]1C)c1cccc(O)c1. The van der Waals surface area contributed by atoms with Crippen molar-refractivity contribution in [3.05, 3.63) is 29.8 Å². The Hall–Kier alpha value is -2.24. The summed E-state index contributed by atoms with van der Waals surface area (Å²) in [5.41, 5.74) is 0.268. The second-order valence-corrected chi connectivity index (χ2v) is 13.4. The van der Waals surface area contributed by atoms with Crippen molar-refractivity contribution < 1.29 is 48.6 Å². The van der Waals surface area contributed by atoms with Crippen LogP contribution in [-0.2, 0) is 33.3 Å². The van der Waals surface area contributed by atoms with Gasteiger partial charge in [0.15, 0.2) is 11.6 Å². The Morgan fingerprint density at radius 3 is 2.43 bits per heavy atom. The highest BCUT2D eigenvalue weighted by molar-refractivity contribution is 5.73. The monoisotopic (exact) mass is 592 g/mol. The zero-order valence-corrected chi connectivity index (χ0v) is 25.9. The van der Waals surface area contributed by atoms with Crippen LogP contribution >= 0.6 is 0 Å². The first-order valence-corrected chi connectivity index (χ1v) is 15.1. The summed E-state index contributed by atoms with van der Waals surface area (Å²) >= 11 is 0. The van der Waals surface area contributed by atoms with Gasteiger partial charge in [0, 0.05) is 30.8 Å². The number of fused-ring (bicyclic) bond motifs is 2. The van der Waals surface area contributed by atoms with Gasteiger partial charge < -0.3 is 39.0 Å². The minimum absolute atomic E-state index is 0.0386. The van der Waals surface area contributed by atoms with E-state index in [0.29, 0.717) is 19.3 Å². The molecule has 1 unspecified atom stereocenters. The summed E-state index contributed by atoms with van der Waals surface area (Å²) in [6.45, 7) is 11.3. The van der Waals surface area contributed by atoms with E-state index in [1.54, 1.807) is 25.3 Å². The second kappa shape index (κ2) is 12.4. The van der Waals surface area contributed by atoms with Crippen molar-refractivity contribution in [2.75, 3.05) is 7.11 Å². The molecule has 10 atom stereocenters. The maximum atomic E-state index is 13.1. The maximum absolute atomic E-state index is 13.1. The molecule has 0 aliphatic carbocycles. The summed E-state index contributed by atoms with van der Waals surface area (Å²) in [5, 5.41) is 32.0. The van der Waals surface area contributed by atoms with Crippen molar-refractivity contribution in [1.82, 2.24) is 0 Å². The first-order valence-electron chi connectivity index (χ1n) is 15.1. The number of ether oxygens (including phenoxy) is 5. The Kier molecular flexibility index (Phi) is 9.65. The molecule has 0 saturated carbocycles. The Balaban J connectivity index is 1.66. The minimum atomic E-state index is -1.88. The van der Waals surface area contributed by atoms with E-state index in [4.69, 9.17) is 23.7 Å². The van der Waals surface area contributed by atoms with Crippen LogP contribution in [0.15, 0.2) is 24.3 Å². The standard InChI is InChI=1S/C32H48O10/c1-18(11-12-24(38-7)22-9-8-10-23(34)13-22)29-20(3)26-16-32(41-29)30(5,6)15-19(2)31(37,42-32)17-28(36)39-25(21(4)33)14-27(35)40-26/h8-10,13,18-21,24-26,29,33-34,37H,11-12,14-17H2,1-7H3/t18-,19+,20-,21+,24-,25+,26?,29+,31-,32-/m0/s1. The molecule has 1 aromatic carbocycles. The number of aliphatic hydroxyl groups is 2. The summed E-state index contributed by atoms with van der Waals surface area (Å²) < 4.78 is 30.6. The van der Waals surface area contributed by atoms with E-state index < -0.39 is 65.7 Å². The van der Waals surface area contributed by atoms with E-state index in [9.17, 15) is 24.9 Å². The number of phenols is 1. The van der Waals surface area contributed by atoms with Gasteiger partial charge in [-0.3, -0.25) is 9.59 Å². The average Bonchev–Trinajstić information content (AvgIpc) is 2.88. The van der Waals surface area contributed by atoms with Crippen molar-refractivity contribution in [2.24, 2.45) is 23.2 Å². The first kappa shape index (κ1) is 32.7. The van der Waals surface area contributed by atoms with Crippen molar-refractivity contribution in [3.63, 3.8) is 0 Å². The zero-order chi connectivity index (χ0) is 31.0. The minimum Gasteiger partial charge on any atom is -0.508 e. The number of rotatable bonds is 7. The molecule has 10 heteroatoms. The van der Waals surface area contributed by atoms with Crippen LogP contribution in [0.4, 0.5) is 0 Å². The van der Waals surface area contributed by atoms with E-state index in [1.165, 1.54) is 6.92 Å². The van der Waals surface area contributed by atoms with Gasteiger partial charge in [-0.1, -0.05) is 46.8 Å². The number of methoxy groups -OCH3 is 1. The molecule has 3 N–H and O–H groups in total. The fraction of sp³-hybridized carbons (Fsp3) is 0.750. The van der Waals surface area contributed by atoms with E-state index in [1.807, 2.05) is 33.8 Å². The molecule has 1 aromatic rings. The summed E-state index contributed by atoms with van der Waals surface area (Å²) in [4.78, 5) is 26.1. The summed E-state index contributed by atoms with van der Waals surface area (Å²) in [6, 6.07) is 7.01. The lowest BCUT2D eigenvalue weighted by Gasteiger charge is -2.61. The number of carbonyl (C=O) groups excluding carboxylic acids is 2. The third kappa shape index (κ3) is 6.63. The van der Waals surface area contributed by atoms with Crippen LogP contribution in [0, 0.1) is 23.2 Å². The lowest BCUT2D eigenvalue weighted by Crippen LogP contribution is -2.68. The lowest BCUT2D eigenvalue weighted by atomic mass is 9.66. The van der Waals surface area contributed by atoms with E-state index in [2.05, 4.69) is 6.92 Å². The molecule has 0 amide bonds. The predicted molar refractivity (Wildman–Crippen MR) is 152 cm³/mol. The molecule has 4 rings (SSSR count). The second-order valence-electron chi connectivity index (χ2n) is 13.4. The molecule has 3 bridgehead atoms. The molecule has 42 heavy (non-hydrogen) atoms. The number of aliphatic hydroxyl groups excluding tert-OH is 1. The summed E-state index contributed by atoms with van der Waals surface area (Å²) in [5.74, 6) is -5.11. The van der Waals surface area contributed by atoms with Crippen LogP contribution in [0.3, 0.4) is 0 Å². The fourth-order valence-electron chi connectivity index (χ4n) is 6.97. The van der Waals surface area contributed by atoms with Gasteiger partial charge in [-0.2, -0.15) is 0 Å². The highest BCUT2D eigenvalue weighted by Gasteiger charge is 2.64. The maximum Gasteiger partial charge on any atom is 0.311 e. The normalized spacial score (nSPS) is 37.3. The fourth-order valence-corrected chi connectivity index (χ4v) is 6.97. The largest absolute Gasteiger partial charge is 0.508 e. The number of cyclic esters (lactones) is 1. The van der Waals surface area contributed by atoms with Crippen molar-refractivity contribution in [2.45, 2.75) is 122 Å². The topological polar surface area (TPSA) is 141 Å². The van der Waals surface area contributed by atoms with Crippen LogP contribution in [0.5, 0.6) is 5.75 Å². The molecule has 0 radical (unpaired) electrons. The number of aromatic hydroxyl groups is 1. The number of benzene rings is 1. The number of hydrogen-bond donors (Lipinski definition) is 3. The van der Waals surface area contributed by atoms with E-state index >= 15 is 0 Å². The van der Waals surface area contributed by atoms with Crippen LogP contribution in [0.25, 0.3) is 0 Å². The molecule has 0 aromatic heterocycles. The number of esters is 2. The molecular formula is C32H48O10. The van der Waals surface area contributed by atoms with Gasteiger partial charge in [0.2, 0.25) is 0 Å². The van der Waals surface area contributed by atoms with Gasteiger partial charge in [-0.05, 0) is 49.8 Å². The molecule has 236 valence electrons. The third-order valence-electron chi connectivity index (χ3n) is 9.70. The number of hydrogen-bond acceptors (Lipinski definition) is 10. The van der Waals surface area contributed by atoms with Gasteiger partial charge in [0.05, 0.1) is 31.2 Å². The zero-order valence-electron chi connectivity index (χ0n) is 25.9. The van der Waals surface area contributed by atoms with Gasteiger partial charge in [0.1, 0.15) is 18.0 Å². The molecular weight excluding hydrogens is 544 g/mol. The summed E-state index contributed by atoms with van der Waals surface area (Å²) in [7, 11) is 1.64. The van der Waals surface area contributed by atoms with Crippen LogP contribution in [-0.4, -0.2) is 70.4 Å². The van der Waals surface area contributed by atoms with Gasteiger partial charge in [-0.25, -0.2) is 0 Å². The van der Waals surface area contributed by atoms with Crippen molar-refractivity contribution in [1.29, 1.82) is 0 Å². The van der Waals surface area contributed by atoms with Gasteiger partial charge in [0.25, 0.3) is 0 Å². The molecule has 10 nitrogen and oxygen atoms in total. The molecule has 3 heterocycles. The van der Waals surface area contributed by atoms with Gasteiger partial charge in [-0.15, -0.1) is 0 Å². The van der Waals surface area contributed by atoms with Crippen LogP contribution in [0.1, 0.15) is 91.7 Å². The number of phenolic OH excluding ortho intramolecular Hbond substituents is 1. The number of carbonyl (C=O) groups is 2. The quantitative estimate of drug-likeness (QED) is 0.391. The van der Waals surface area contributed by atoms with Crippen molar-refractivity contribution in [3.8, 4) is 5.75 Å². The third-order valence-corrected chi connectivity index (χ3v) is 9.70. The molecule has 3 aliphatic rings. The highest BCUT2D eigenvalue weighted by Crippen LogP contribution is 2.57.